The summed E-state index contributed by atoms with van der Waals surface area (Å²) in [6.45, 7) is 6.38. The Labute approximate surface area is 200 Å². The van der Waals surface area contributed by atoms with Crippen LogP contribution in [-0.2, 0) is 9.59 Å². The summed E-state index contributed by atoms with van der Waals surface area (Å²) in [6, 6.07) is 14.4. The number of benzene rings is 2. The maximum Gasteiger partial charge on any atom is 0.254 e. The number of hydrogen-bond donors (Lipinski definition) is 0. The number of rotatable bonds is 6. The Bertz CT molecular complexity index is 1100. The first kappa shape index (κ1) is 22.8. The van der Waals surface area contributed by atoms with Gasteiger partial charge in [0.05, 0.1) is 6.67 Å². The third-order valence-electron chi connectivity index (χ3n) is 7.31. The summed E-state index contributed by atoms with van der Waals surface area (Å²) in [5.74, 6) is -0.0629. The van der Waals surface area contributed by atoms with E-state index in [0.29, 0.717) is 13.1 Å². The Hall–Kier alpha value is -2.99. The first-order valence-electron chi connectivity index (χ1n) is 12.4. The summed E-state index contributed by atoms with van der Waals surface area (Å²) in [7, 11) is 0. The second kappa shape index (κ2) is 9.34. The standard InChI is InChI=1S/C28H32FN3O2/c1-3-25-19(2)32(27(33)23-10-11-23)26(31(28(25)34)18-30-16-4-5-17-30)22-8-6-20(7-9-22)21-12-14-24(29)15-13-21/h6-9,12-15,23,26H,3-5,10-11,16-18H2,1-2H3. The molecule has 2 heterocycles. The fourth-order valence-electron chi connectivity index (χ4n) is 5.23. The van der Waals surface area contributed by atoms with E-state index in [1.54, 1.807) is 12.1 Å². The first-order chi connectivity index (χ1) is 16.5. The number of likely N-dealkylation sites (tertiary alicyclic amines) is 1. The number of nitrogens with zero attached hydrogens (tertiary/aromatic N) is 3. The molecule has 178 valence electrons. The summed E-state index contributed by atoms with van der Waals surface area (Å²) in [5.41, 5.74) is 4.33. The number of hydrogen-bond acceptors (Lipinski definition) is 3. The second-order valence-corrected chi connectivity index (χ2v) is 9.64. The van der Waals surface area contributed by atoms with E-state index in [9.17, 15) is 14.0 Å². The minimum absolute atomic E-state index is 0.0272. The van der Waals surface area contributed by atoms with E-state index < -0.39 is 6.17 Å². The van der Waals surface area contributed by atoms with Gasteiger partial charge in [0, 0.05) is 17.2 Å². The van der Waals surface area contributed by atoms with Gasteiger partial charge in [-0.25, -0.2) is 4.39 Å². The summed E-state index contributed by atoms with van der Waals surface area (Å²) >= 11 is 0. The average molecular weight is 462 g/mol. The molecule has 2 fully saturated rings. The highest BCUT2D eigenvalue weighted by Gasteiger charge is 2.45. The second-order valence-electron chi connectivity index (χ2n) is 9.64. The molecule has 34 heavy (non-hydrogen) atoms. The molecule has 1 aliphatic carbocycles. The van der Waals surface area contributed by atoms with E-state index >= 15 is 0 Å². The van der Waals surface area contributed by atoms with Crippen LogP contribution in [0, 0.1) is 11.7 Å². The highest BCUT2D eigenvalue weighted by molar-refractivity contribution is 5.97. The van der Waals surface area contributed by atoms with E-state index in [0.717, 1.165) is 66.7 Å². The molecule has 0 spiro atoms. The van der Waals surface area contributed by atoms with Crippen LogP contribution in [-0.4, -0.2) is 46.3 Å². The molecule has 6 heteroatoms. The normalized spacial score (nSPS) is 21.5. The molecule has 0 bridgehead atoms. The molecule has 5 nitrogen and oxygen atoms in total. The van der Waals surface area contributed by atoms with Gasteiger partial charge in [0.1, 0.15) is 12.0 Å². The van der Waals surface area contributed by atoms with Crippen LogP contribution in [0.2, 0.25) is 0 Å². The molecule has 3 aliphatic rings. The zero-order valence-electron chi connectivity index (χ0n) is 20.0. The maximum atomic E-state index is 13.7. The lowest BCUT2D eigenvalue weighted by atomic mass is 9.98. The van der Waals surface area contributed by atoms with Crippen LogP contribution in [0.4, 0.5) is 4.39 Å². The lowest BCUT2D eigenvalue weighted by Crippen LogP contribution is -2.54. The van der Waals surface area contributed by atoms with Gasteiger partial charge < -0.3 is 4.90 Å². The van der Waals surface area contributed by atoms with Crippen LogP contribution in [0.1, 0.15) is 57.7 Å². The third-order valence-corrected chi connectivity index (χ3v) is 7.31. The summed E-state index contributed by atoms with van der Waals surface area (Å²) in [5, 5.41) is 0. The molecule has 2 aromatic rings. The predicted octanol–water partition coefficient (Wildman–Crippen LogP) is 5.31. The fraction of sp³-hybridized carbons (Fsp3) is 0.429. The van der Waals surface area contributed by atoms with Gasteiger partial charge in [0.15, 0.2) is 0 Å². The van der Waals surface area contributed by atoms with Crippen LogP contribution in [0.5, 0.6) is 0 Å². The van der Waals surface area contributed by atoms with Gasteiger partial charge in [0.25, 0.3) is 5.91 Å². The first-order valence-corrected chi connectivity index (χ1v) is 12.4. The van der Waals surface area contributed by atoms with Crippen LogP contribution < -0.4 is 0 Å². The quantitative estimate of drug-likeness (QED) is 0.586. The number of halogens is 1. The van der Waals surface area contributed by atoms with E-state index in [4.69, 9.17) is 0 Å². The SMILES string of the molecule is CCC1=C(C)N(C(=O)C2CC2)C(c2ccc(-c3ccc(F)cc3)cc2)N(CN2CCCC2)C1=O. The van der Waals surface area contributed by atoms with Crippen LogP contribution in [0.3, 0.4) is 0 Å². The largest absolute Gasteiger partial charge is 0.301 e. The lowest BCUT2D eigenvalue weighted by molar-refractivity contribution is -0.148. The number of allylic oxidation sites excluding steroid dienone is 1. The average Bonchev–Trinajstić information content (AvgIpc) is 3.57. The minimum Gasteiger partial charge on any atom is -0.301 e. The Kier molecular flexibility index (Phi) is 6.26. The van der Waals surface area contributed by atoms with Crippen molar-refractivity contribution in [2.45, 2.75) is 52.1 Å². The molecule has 1 saturated heterocycles. The van der Waals surface area contributed by atoms with Crippen molar-refractivity contribution in [1.29, 1.82) is 0 Å². The molecule has 5 rings (SSSR count). The Morgan fingerprint density at radius 1 is 0.971 bits per heavy atom. The fourth-order valence-corrected chi connectivity index (χ4v) is 5.23. The van der Waals surface area contributed by atoms with Crippen molar-refractivity contribution < 1.29 is 14.0 Å². The Morgan fingerprint density at radius 3 is 2.12 bits per heavy atom. The molecule has 0 N–H and O–H groups in total. The molecular weight excluding hydrogens is 429 g/mol. The zero-order valence-corrected chi connectivity index (χ0v) is 20.0. The van der Waals surface area contributed by atoms with Crippen molar-refractivity contribution in [3.63, 3.8) is 0 Å². The van der Waals surface area contributed by atoms with Crippen molar-refractivity contribution >= 4 is 11.8 Å². The van der Waals surface area contributed by atoms with Gasteiger partial charge in [-0.3, -0.25) is 19.4 Å². The summed E-state index contributed by atoms with van der Waals surface area (Å²) < 4.78 is 13.4. The van der Waals surface area contributed by atoms with Gasteiger partial charge in [-0.2, -0.15) is 0 Å². The molecule has 2 aliphatic heterocycles. The highest BCUT2D eigenvalue weighted by Crippen LogP contribution is 2.42. The van der Waals surface area contributed by atoms with Gasteiger partial charge in [-0.1, -0.05) is 43.3 Å². The third kappa shape index (κ3) is 4.27. The smallest absolute Gasteiger partial charge is 0.254 e. The lowest BCUT2D eigenvalue weighted by Gasteiger charge is -2.46. The summed E-state index contributed by atoms with van der Waals surface area (Å²) in [6.07, 6.45) is 4.25. The van der Waals surface area contributed by atoms with Crippen molar-refractivity contribution in [3.8, 4) is 11.1 Å². The molecule has 2 amide bonds. The molecule has 1 unspecified atom stereocenters. The van der Waals surface area contributed by atoms with E-state index in [1.165, 1.54) is 12.1 Å². The molecular formula is C28H32FN3O2. The maximum absolute atomic E-state index is 13.7. The van der Waals surface area contributed by atoms with E-state index in [1.807, 2.05) is 47.9 Å². The summed E-state index contributed by atoms with van der Waals surface area (Å²) in [4.78, 5) is 33.3. The minimum atomic E-state index is -0.459. The van der Waals surface area contributed by atoms with Crippen LogP contribution in [0.15, 0.2) is 59.8 Å². The van der Waals surface area contributed by atoms with Crippen molar-refractivity contribution in [1.82, 2.24) is 14.7 Å². The van der Waals surface area contributed by atoms with Gasteiger partial charge in [-0.05, 0) is 80.9 Å². The van der Waals surface area contributed by atoms with Crippen molar-refractivity contribution in [2.24, 2.45) is 5.92 Å². The van der Waals surface area contributed by atoms with Gasteiger partial charge in [0.2, 0.25) is 5.91 Å². The number of amides is 2. The molecule has 2 aromatic carbocycles. The zero-order chi connectivity index (χ0) is 23.8. The number of carbonyl (C=O) groups is 2. The van der Waals surface area contributed by atoms with Crippen molar-refractivity contribution in [2.75, 3.05) is 19.8 Å². The predicted molar refractivity (Wildman–Crippen MR) is 130 cm³/mol. The van der Waals surface area contributed by atoms with Gasteiger partial charge >= 0.3 is 0 Å². The molecule has 0 radical (unpaired) electrons. The topological polar surface area (TPSA) is 43.9 Å². The van der Waals surface area contributed by atoms with Gasteiger partial charge in [-0.15, -0.1) is 0 Å². The van der Waals surface area contributed by atoms with E-state index in [2.05, 4.69) is 4.90 Å². The molecule has 1 saturated carbocycles. The van der Waals surface area contributed by atoms with Crippen molar-refractivity contribution in [3.05, 3.63) is 71.2 Å². The number of carbonyl (C=O) groups excluding carboxylic acids is 2. The molecule has 1 atom stereocenters. The highest BCUT2D eigenvalue weighted by atomic mass is 19.1. The molecule has 0 aromatic heterocycles. The Morgan fingerprint density at radius 2 is 1.56 bits per heavy atom. The monoisotopic (exact) mass is 461 g/mol. The van der Waals surface area contributed by atoms with Crippen LogP contribution in [0.25, 0.3) is 11.1 Å². The Balaban J connectivity index is 1.55. The van der Waals surface area contributed by atoms with E-state index in [-0.39, 0.29) is 23.5 Å². The van der Waals surface area contributed by atoms with Crippen LogP contribution >= 0.6 is 0 Å².